The van der Waals surface area contributed by atoms with E-state index in [-0.39, 0.29) is 17.7 Å². The summed E-state index contributed by atoms with van der Waals surface area (Å²) in [6.45, 7) is 1.91. The van der Waals surface area contributed by atoms with Crippen molar-refractivity contribution in [1.82, 2.24) is 5.32 Å². The molecule has 22 heavy (non-hydrogen) atoms. The summed E-state index contributed by atoms with van der Waals surface area (Å²) < 4.78 is 6.56. The molecule has 2 atom stereocenters. The fourth-order valence-corrected chi connectivity index (χ4v) is 3.65. The average molecular weight is 366 g/mol. The number of carboxylic acids is 1. The van der Waals surface area contributed by atoms with Gasteiger partial charge in [0.2, 0.25) is 0 Å². The van der Waals surface area contributed by atoms with Crippen molar-refractivity contribution in [3.05, 3.63) is 34.0 Å². The summed E-state index contributed by atoms with van der Waals surface area (Å²) in [6, 6.07) is 5.17. The van der Waals surface area contributed by atoms with Crippen molar-refractivity contribution in [3.8, 4) is 0 Å². The summed E-state index contributed by atoms with van der Waals surface area (Å²) in [5.74, 6) is -1.51. The number of benzene rings is 1. The zero-order valence-corrected chi connectivity index (χ0v) is 13.6. The maximum atomic E-state index is 12.3. The molecule has 5 nitrogen and oxygen atoms in total. The zero-order valence-electron chi connectivity index (χ0n) is 12.1. The normalized spacial score (nSPS) is 21.2. The van der Waals surface area contributed by atoms with Crippen LogP contribution in [0.15, 0.2) is 27.1 Å². The van der Waals surface area contributed by atoms with Crippen molar-refractivity contribution in [2.75, 3.05) is 0 Å². The molecule has 1 aliphatic carbocycles. The van der Waals surface area contributed by atoms with Crippen LogP contribution in [0.25, 0.3) is 11.0 Å². The Balaban J connectivity index is 1.83. The standard InChI is InChI=1S/C16H16BrNO4/c1-8-5-10(17)6-9-7-13(22-14(8)9)15(19)18-12-4-2-3-11(12)16(20)21/h5-7,11-12H,2-4H2,1H3,(H,18,19)(H,20,21)/t11-,12+/m0/s1. The van der Waals surface area contributed by atoms with Gasteiger partial charge >= 0.3 is 5.97 Å². The van der Waals surface area contributed by atoms with Crippen LogP contribution in [-0.2, 0) is 4.79 Å². The largest absolute Gasteiger partial charge is 0.481 e. The van der Waals surface area contributed by atoms with E-state index in [1.54, 1.807) is 6.07 Å². The van der Waals surface area contributed by atoms with E-state index in [1.165, 1.54) is 0 Å². The lowest BCUT2D eigenvalue weighted by Gasteiger charge is -2.16. The van der Waals surface area contributed by atoms with E-state index < -0.39 is 11.9 Å². The fourth-order valence-electron chi connectivity index (χ4n) is 3.06. The Morgan fingerprint density at radius 3 is 2.82 bits per heavy atom. The van der Waals surface area contributed by atoms with Gasteiger partial charge in [0.15, 0.2) is 5.76 Å². The number of hydrogen-bond donors (Lipinski definition) is 2. The van der Waals surface area contributed by atoms with Gasteiger partial charge in [0.1, 0.15) is 5.58 Å². The van der Waals surface area contributed by atoms with E-state index >= 15 is 0 Å². The van der Waals surface area contributed by atoms with Crippen LogP contribution in [0, 0.1) is 12.8 Å². The van der Waals surface area contributed by atoms with Crippen LogP contribution in [0.4, 0.5) is 0 Å². The summed E-state index contributed by atoms with van der Waals surface area (Å²) in [5, 5.41) is 12.8. The Bertz CT molecular complexity index is 752. The maximum absolute atomic E-state index is 12.3. The molecule has 1 aromatic carbocycles. The Kier molecular flexibility index (Phi) is 3.95. The summed E-state index contributed by atoms with van der Waals surface area (Å²) in [6.07, 6.45) is 2.11. The Hall–Kier alpha value is -1.82. The van der Waals surface area contributed by atoms with Crippen LogP contribution in [0.2, 0.25) is 0 Å². The van der Waals surface area contributed by atoms with E-state index in [0.29, 0.717) is 18.4 Å². The number of carbonyl (C=O) groups is 2. The molecule has 2 N–H and O–H groups in total. The quantitative estimate of drug-likeness (QED) is 0.872. The highest BCUT2D eigenvalue weighted by Crippen LogP contribution is 2.29. The molecule has 0 spiro atoms. The number of rotatable bonds is 3. The topological polar surface area (TPSA) is 79.5 Å². The van der Waals surface area contributed by atoms with Crippen molar-refractivity contribution in [1.29, 1.82) is 0 Å². The number of aliphatic carboxylic acids is 1. The molecule has 1 heterocycles. The predicted octanol–water partition coefficient (Wildman–Crippen LogP) is 3.49. The first-order valence-electron chi connectivity index (χ1n) is 7.19. The SMILES string of the molecule is Cc1cc(Br)cc2cc(C(=O)N[C@@H]3CCC[C@@H]3C(=O)O)oc12. The van der Waals surface area contributed by atoms with Gasteiger partial charge in [-0.2, -0.15) is 0 Å². The third-order valence-corrected chi connectivity index (χ3v) is 4.60. The predicted molar refractivity (Wildman–Crippen MR) is 84.9 cm³/mol. The molecule has 2 aromatic rings. The Morgan fingerprint density at radius 2 is 2.09 bits per heavy atom. The molecule has 0 unspecified atom stereocenters. The summed E-state index contributed by atoms with van der Waals surface area (Å²) in [5.41, 5.74) is 1.61. The molecule has 0 radical (unpaired) electrons. The molecule has 1 amide bonds. The monoisotopic (exact) mass is 365 g/mol. The molecule has 6 heteroatoms. The van der Waals surface area contributed by atoms with E-state index in [4.69, 9.17) is 9.52 Å². The van der Waals surface area contributed by atoms with Crippen LogP contribution in [0.1, 0.15) is 35.4 Å². The highest BCUT2D eigenvalue weighted by molar-refractivity contribution is 9.10. The molecular formula is C16H16BrNO4. The molecule has 0 saturated heterocycles. The molecule has 1 saturated carbocycles. The second-order valence-corrected chi connectivity index (χ2v) is 6.62. The van der Waals surface area contributed by atoms with E-state index in [2.05, 4.69) is 21.2 Å². The van der Waals surface area contributed by atoms with Gasteiger partial charge in [-0.3, -0.25) is 9.59 Å². The summed E-state index contributed by atoms with van der Waals surface area (Å²) >= 11 is 3.42. The highest BCUT2D eigenvalue weighted by atomic mass is 79.9. The van der Waals surface area contributed by atoms with Gasteiger partial charge in [-0.05, 0) is 43.5 Å². The maximum Gasteiger partial charge on any atom is 0.308 e. The van der Waals surface area contributed by atoms with Gasteiger partial charge in [-0.15, -0.1) is 0 Å². The number of fused-ring (bicyclic) bond motifs is 1. The van der Waals surface area contributed by atoms with Crippen molar-refractivity contribution in [3.63, 3.8) is 0 Å². The minimum Gasteiger partial charge on any atom is -0.481 e. The number of carboxylic acid groups (broad SMARTS) is 1. The van der Waals surface area contributed by atoms with E-state index in [1.807, 2.05) is 19.1 Å². The number of nitrogens with one attached hydrogen (secondary N) is 1. The minimum atomic E-state index is -0.854. The lowest BCUT2D eigenvalue weighted by Crippen LogP contribution is -2.40. The minimum absolute atomic E-state index is 0.215. The average Bonchev–Trinajstić information content (AvgIpc) is 3.04. The van der Waals surface area contributed by atoms with Gasteiger partial charge in [-0.25, -0.2) is 0 Å². The third kappa shape index (κ3) is 2.75. The van der Waals surface area contributed by atoms with Gasteiger partial charge in [0.05, 0.1) is 5.92 Å². The van der Waals surface area contributed by atoms with E-state index in [0.717, 1.165) is 21.8 Å². The van der Waals surface area contributed by atoms with Gasteiger partial charge < -0.3 is 14.8 Å². The first-order valence-corrected chi connectivity index (χ1v) is 7.98. The number of aryl methyl sites for hydroxylation is 1. The molecule has 1 aromatic heterocycles. The second-order valence-electron chi connectivity index (χ2n) is 5.71. The molecule has 1 aliphatic rings. The smallest absolute Gasteiger partial charge is 0.308 e. The van der Waals surface area contributed by atoms with E-state index in [9.17, 15) is 9.59 Å². The highest BCUT2D eigenvalue weighted by Gasteiger charge is 2.34. The van der Waals surface area contributed by atoms with Crippen molar-refractivity contribution >= 4 is 38.8 Å². The van der Waals surface area contributed by atoms with Gasteiger partial charge in [0.25, 0.3) is 5.91 Å². The first kappa shape index (κ1) is 15.1. The number of furan rings is 1. The lowest BCUT2D eigenvalue weighted by molar-refractivity contribution is -0.142. The van der Waals surface area contributed by atoms with Crippen molar-refractivity contribution < 1.29 is 19.1 Å². The van der Waals surface area contributed by atoms with Crippen molar-refractivity contribution in [2.24, 2.45) is 5.92 Å². The summed E-state index contributed by atoms with van der Waals surface area (Å²) in [4.78, 5) is 23.5. The third-order valence-electron chi connectivity index (χ3n) is 4.14. The molecule has 116 valence electrons. The molecule has 1 fully saturated rings. The Labute approximate surface area is 135 Å². The molecule has 3 rings (SSSR count). The first-order chi connectivity index (χ1) is 10.5. The van der Waals surface area contributed by atoms with Gasteiger partial charge in [0, 0.05) is 15.9 Å². The van der Waals surface area contributed by atoms with Crippen LogP contribution < -0.4 is 5.32 Å². The number of carbonyl (C=O) groups excluding carboxylic acids is 1. The molecule has 0 aliphatic heterocycles. The van der Waals surface area contributed by atoms with Gasteiger partial charge in [-0.1, -0.05) is 22.4 Å². The molecule has 0 bridgehead atoms. The van der Waals surface area contributed by atoms with Crippen LogP contribution in [-0.4, -0.2) is 23.0 Å². The van der Waals surface area contributed by atoms with Crippen LogP contribution in [0.3, 0.4) is 0 Å². The zero-order chi connectivity index (χ0) is 15.9. The Morgan fingerprint density at radius 1 is 1.32 bits per heavy atom. The van der Waals surface area contributed by atoms with Crippen LogP contribution in [0.5, 0.6) is 0 Å². The summed E-state index contributed by atoms with van der Waals surface area (Å²) in [7, 11) is 0. The fraction of sp³-hybridized carbons (Fsp3) is 0.375. The van der Waals surface area contributed by atoms with Crippen LogP contribution >= 0.6 is 15.9 Å². The van der Waals surface area contributed by atoms with Crippen molar-refractivity contribution in [2.45, 2.75) is 32.2 Å². The second kappa shape index (κ2) is 5.76. The number of amides is 1. The number of hydrogen-bond acceptors (Lipinski definition) is 3. The molecular weight excluding hydrogens is 350 g/mol. The number of halogens is 1. The lowest BCUT2D eigenvalue weighted by atomic mass is 10.0.